The van der Waals surface area contributed by atoms with Gasteiger partial charge < -0.3 is 5.32 Å². The Morgan fingerprint density at radius 1 is 1.30 bits per heavy atom. The molecule has 2 aromatic carbocycles. The minimum absolute atomic E-state index is 0.181. The van der Waals surface area contributed by atoms with Crippen LogP contribution in [0.25, 0.3) is 6.08 Å². The Balaban J connectivity index is 2.32. The molecule has 0 saturated carbocycles. The van der Waals surface area contributed by atoms with Crippen molar-refractivity contribution in [3.8, 4) is 6.07 Å². The Bertz CT molecular complexity index is 841. The molecule has 3 nitrogen and oxygen atoms in total. The van der Waals surface area contributed by atoms with Crippen LogP contribution in [0.3, 0.4) is 0 Å². The molecule has 0 bridgehead atoms. The zero-order chi connectivity index (χ0) is 17.0. The van der Waals surface area contributed by atoms with Crippen LogP contribution in [-0.2, 0) is 4.79 Å². The first-order valence-corrected chi connectivity index (χ1v) is 6.93. The van der Waals surface area contributed by atoms with Crippen LogP contribution < -0.4 is 5.32 Å². The molecular weight excluding hydrogens is 322 g/mol. The van der Waals surface area contributed by atoms with Gasteiger partial charge >= 0.3 is 0 Å². The number of rotatable bonds is 3. The largest absolute Gasteiger partial charge is 0.321 e. The highest BCUT2D eigenvalue weighted by Gasteiger charge is 2.13. The predicted molar refractivity (Wildman–Crippen MR) is 84.8 cm³/mol. The van der Waals surface area contributed by atoms with Crippen molar-refractivity contribution in [2.45, 2.75) is 6.92 Å². The molecule has 0 aliphatic carbocycles. The summed E-state index contributed by atoms with van der Waals surface area (Å²) in [5.74, 6) is -2.13. The summed E-state index contributed by atoms with van der Waals surface area (Å²) in [6, 6.07) is 9.39. The van der Waals surface area contributed by atoms with Crippen molar-refractivity contribution >= 4 is 29.3 Å². The van der Waals surface area contributed by atoms with Gasteiger partial charge in [-0.05, 0) is 48.9 Å². The Morgan fingerprint density at radius 3 is 2.74 bits per heavy atom. The number of benzene rings is 2. The van der Waals surface area contributed by atoms with Crippen molar-refractivity contribution in [3.63, 3.8) is 0 Å². The maximum atomic E-state index is 13.6. The maximum Gasteiger partial charge on any atom is 0.266 e. The van der Waals surface area contributed by atoms with Crippen molar-refractivity contribution in [2.75, 3.05) is 5.32 Å². The average Bonchev–Trinajstić information content (AvgIpc) is 2.52. The highest BCUT2D eigenvalue weighted by atomic mass is 35.5. The summed E-state index contributed by atoms with van der Waals surface area (Å²) in [6.07, 6.45) is 0.994. The molecule has 0 atom stereocenters. The van der Waals surface area contributed by atoms with E-state index in [-0.39, 0.29) is 11.1 Å². The van der Waals surface area contributed by atoms with E-state index in [4.69, 9.17) is 16.9 Å². The Labute approximate surface area is 136 Å². The third-order valence-corrected chi connectivity index (χ3v) is 3.55. The van der Waals surface area contributed by atoms with Crippen LogP contribution >= 0.6 is 11.6 Å². The predicted octanol–water partition coefficient (Wildman–Crippen LogP) is 4.47. The Morgan fingerprint density at radius 2 is 2.04 bits per heavy atom. The number of carbonyl (C=O) groups excluding carboxylic acids is 1. The fourth-order valence-electron chi connectivity index (χ4n) is 1.86. The van der Waals surface area contributed by atoms with Crippen molar-refractivity contribution in [1.29, 1.82) is 5.26 Å². The number of nitriles is 1. The highest BCUT2D eigenvalue weighted by Crippen LogP contribution is 2.23. The minimum atomic E-state index is -0.735. The molecule has 1 N–H and O–H groups in total. The minimum Gasteiger partial charge on any atom is -0.321 e. The van der Waals surface area contributed by atoms with E-state index in [2.05, 4.69) is 5.32 Å². The second-order valence-electron chi connectivity index (χ2n) is 4.70. The number of hydrogen-bond donors (Lipinski definition) is 1. The van der Waals surface area contributed by atoms with Gasteiger partial charge in [-0.1, -0.05) is 17.7 Å². The smallest absolute Gasteiger partial charge is 0.266 e. The molecule has 0 fully saturated rings. The topological polar surface area (TPSA) is 52.9 Å². The molecule has 0 aliphatic heterocycles. The number of hydrogen-bond acceptors (Lipinski definition) is 2. The van der Waals surface area contributed by atoms with Gasteiger partial charge in [-0.15, -0.1) is 0 Å². The molecule has 0 aromatic heterocycles. The molecule has 6 heteroatoms. The van der Waals surface area contributed by atoms with E-state index in [9.17, 15) is 13.6 Å². The fraction of sp³-hybridized carbons (Fsp3) is 0.0588. The van der Waals surface area contributed by atoms with Crippen molar-refractivity contribution in [2.24, 2.45) is 0 Å². The third kappa shape index (κ3) is 3.93. The fourth-order valence-corrected chi connectivity index (χ4v) is 2.04. The van der Waals surface area contributed by atoms with Crippen LogP contribution in [0, 0.1) is 29.9 Å². The van der Waals surface area contributed by atoms with Crippen LogP contribution in [-0.4, -0.2) is 5.91 Å². The molecule has 0 aliphatic rings. The zero-order valence-corrected chi connectivity index (χ0v) is 12.8. The van der Waals surface area contributed by atoms with Crippen LogP contribution in [0.2, 0.25) is 5.02 Å². The van der Waals surface area contributed by atoms with E-state index in [1.165, 1.54) is 0 Å². The van der Waals surface area contributed by atoms with Gasteiger partial charge in [-0.25, -0.2) is 8.78 Å². The van der Waals surface area contributed by atoms with Gasteiger partial charge in [0.05, 0.1) is 0 Å². The molecule has 1 amide bonds. The van der Waals surface area contributed by atoms with Gasteiger partial charge in [0.2, 0.25) is 0 Å². The van der Waals surface area contributed by atoms with E-state index in [1.807, 2.05) is 0 Å². The lowest BCUT2D eigenvalue weighted by Gasteiger charge is -2.09. The number of halogens is 3. The number of nitrogens with zero attached hydrogens (tertiary/aromatic N) is 1. The van der Waals surface area contributed by atoms with E-state index in [0.29, 0.717) is 16.3 Å². The maximum absolute atomic E-state index is 13.6. The number of anilines is 1. The summed E-state index contributed by atoms with van der Waals surface area (Å²) in [7, 11) is 0. The lowest BCUT2D eigenvalue weighted by Crippen LogP contribution is -2.14. The summed E-state index contributed by atoms with van der Waals surface area (Å²) >= 11 is 5.96. The van der Waals surface area contributed by atoms with Crippen molar-refractivity contribution < 1.29 is 13.6 Å². The summed E-state index contributed by atoms with van der Waals surface area (Å²) in [4.78, 5) is 12.1. The van der Waals surface area contributed by atoms with E-state index in [0.717, 1.165) is 24.3 Å². The number of nitrogens with one attached hydrogen (secondary N) is 1. The summed E-state index contributed by atoms with van der Waals surface area (Å²) in [5, 5.41) is 12.1. The van der Waals surface area contributed by atoms with Gasteiger partial charge in [0.25, 0.3) is 5.91 Å². The van der Waals surface area contributed by atoms with Crippen LogP contribution in [0.5, 0.6) is 0 Å². The molecule has 2 rings (SSSR count). The summed E-state index contributed by atoms with van der Waals surface area (Å²) in [6.45, 7) is 1.71. The first-order valence-electron chi connectivity index (χ1n) is 6.55. The lowest BCUT2D eigenvalue weighted by atomic mass is 10.1. The molecular formula is C17H11ClF2N2O. The molecule has 0 heterocycles. The van der Waals surface area contributed by atoms with Crippen LogP contribution in [0.15, 0.2) is 42.0 Å². The second-order valence-corrected chi connectivity index (χ2v) is 5.11. The number of amides is 1. The monoisotopic (exact) mass is 332 g/mol. The van der Waals surface area contributed by atoms with Gasteiger partial charge in [0.1, 0.15) is 23.3 Å². The standard InChI is InChI=1S/C17H11ClF2N2O/c1-10-14(18)3-2-4-16(10)22-17(23)12(9-21)7-11-8-13(19)5-6-15(11)20/h2-8H,1H3,(H,22,23)/b12-7+. The zero-order valence-electron chi connectivity index (χ0n) is 12.0. The first kappa shape index (κ1) is 16.7. The van der Waals surface area contributed by atoms with Crippen LogP contribution in [0.4, 0.5) is 14.5 Å². The summed E-state index contributed by atoms with van der Waals surface area (Å²) in [5.41, 5.74) is 0.536. The summed E-state index contributed by atoms with van der Waals surface area (Å²) < 4.78 is 26.8. The van der Waals surface area contributed by atoms with E-state index >= 15 is 0 Å². The Hall–Kier alpha value is -2.71. The number of carbonyl (C=O) groups is 1. The van der Waals surface area contributed by atoms with Crippen molar-refractivity contribution in [3.05, 3.63) is 69.8 Å². The molecule has 116 valence electrons. The molecule has 0 spiro atoms. The van der Waals surface area contributed by atoms with E-state index < -0.39 is 17.5 Å². The SMILES string of the molecule is Cc1c(Cl)cccc1NC(=O)/C(C#N)=C/c1cc(F)ccc1F. The molecule has 2 aromatic rings. The average molecular weight is 333 g/mol. The van der Waals surface area contributed by atoms with Crippen molar-refractivity contribution in [1.82, 2.24) is 0 Å². The molecule has 0 unspecified atom stereocenters. The molecule has 0 saturated heterocycles. The van der Waals surface area contributed by atoms with E-state index in [1.54, 1.807) is 31.2 Å². The quantitative estimate of drug-likeness (QED) is 0.666. The normalized spacial score (nSPS) is 11.0. The Kier molecular flexibility index (Phi) is 5.09. The van der Waals surface area contributed by atoms with Gasteiger partial charge in [0, 0.05) is 16.3 Å². The van der Waals surface area contributed by atoms with Gasteiger partial charge in [0.15, 0.2) is 0 Å². The van der Waals surface area contributed by atoms with Gasteiger partial charge in [-0.3, -0.25) is 4.79 Å². The molecule has 23 heavy (non-hydrogen) atoms. The first-order chi connectivity index (χ1) is 10.9. The van der Waals surface area contributed by atoms with Gasteiger partial charge in [-0.2, -0.15) is 5.26 Å². The molecule has 0 radical (unpaired) electrons. The second kappa shape index (κ2) is 7.03. The van der Waals surface area contributed by atoms with Crippen LogP contribution in [0.1, 0.15) is 11.1 Å². The highest BCUT2D eigenvalue weighted by molar-refractivity contribution is 6.31. The lowest BCUT2D eigenvalue weighted by molar-refractivity contribution is -0.112. The third-order valence-electron chi connectivity index (χ3n) is 3.14.